The highest BCUT2D eigenvalue weighted by Crippen LogP contribution is 2.17. The Bertz CT molecular complexity index is 289. The van der Waals surface area contributed by atoms with Gasteiger partial charge in [-0.25, -0.2) is 0 Å². The number of carboxylic acid groups (broad SMARTS) is 1. The van der Waals surface area contributed by atoms with Gasteiger partial charge in [-0.05, 0) is 26.3 Å². The molecule has 0 saturated carbocycles. The number of carbonyl (C=O) groups is 2. The fourth-order valence-corrected chi connectivity index (χ4v) is 1.68. The van der Waals surface area contributed by atoms with Crippen molar-refractivity contribution < 1.29 is 14.7 Å². The second-order valence-corrected chi connectivity index (χ2v) is 5.15. The zero-order chi connectivity index (χ0) is 12.3. The number of hydrogen-bond donors (Lipinski definition) is 3. The van der Waals surface area contributed by atoms with Crippen LogP contribution in [0, 0.1) is 17.3 Å². The predicted octanol–water partition coefficient (Wildman–Crippen LogP) is 0.0689. The second-order valence-electron chi connectivity index (χ2n) is 5.15. The molecule has 1 heterocycles. The van der Waals surface area contributed by atoms with Gasteiger partial charge in [0.2, 0.25) is 5.91 Å². The van der Waals surface area contributed by atoms with Crippen LogP contribution >= 0.6 is 0 Å². The molecule has 1 rings (SSSR count). The van der Waals surface area contributed by atoms with Crippen LogP contribution in [0.15, 0.2) is 0 Å². The summed E-state index contributed by atoms with van der Waals surface area (Å²) in [6.07, 6.45) is 0. The largest absolute Gasteiger partial charge is 0.481 e. The molecule has 1 aliphatic heterocycles. The molecule has 2 atom stereocenters. The topological polar surface area (TPSA) is 78.4 Å². The Morgan fingerprint density at radius 2 is 2.06 bits per heavy atom. The molecule has 5 nitrogen and oxygen atoms in total. The van der Waals surface area contributed by atoms with Crippen LogP contribution in [0.3, 0.4) is 0 Å². The van der Waals surface area contributed by atoms with Gasteiger partial charge in [0.1, 0.15) is 0 Å². The number of carboxylic acids is 1. The van der Waals surface area contributed by atoms with E-state index < -0.39 is 11.4 Å². The van der Waals surface area contributed by atoms with Crippen LogP contribution in [-0.2, 0) is 9.59 Å². The highest BCUT2D eigenvalue weighted by atomic mass is 16.4. The highest BCUT2D eigenvalue weighted by Gasteiger charge is 2.32. The van der Waals surface area contributed by atoms with E-state index in [0.29, 0.717) is 12.5 Å². The van der Waals surface area contributed by atoms with E-state index in [1.165, 1.54) is 0 Å². The molecular formula is C11H20N2O3. The van der Waals surface area contributed by atoms with Crippen molar-refractivity contribution in [3.8, 4) is 0 Å². The molecule has 16 heavy (non-hydrogen) atoms. The van der Waals surface area contributed by atoms with Crippen molar-refractivity contribution in [2.24, 2.45) is 17.3 Å². The average molecular weight is 228 g/mol. The van der Waals surface area contributed by atoms with E-state index in [1.807, 2.05) is 6.92 Å². The lowest BCUT2D eigenvalue weighted by molar-refractivity contribution is -0.146. The second kappa shape index (κ2) is 4.82. The van der Waals surface area contributed by atoms with Crippen LogP contribution in [0.4, 0.5) is 0 Å². The molecule has 0 aliphatic carbocycles. The molecule has 1 saturated heterocycles. The van der Waals surface area contributed by atoms with Crippen molar-refractivity contribution >= 4 is 11.9 Å². The molecule has 5 heteroatoms. The smallest absolute Gasteiger partial charge is 0.310 e. The summed E-state index contributed by atoms with van der Waals surface area (Å²) in [7, 11) is 0. The molecule has 3 N–H and O–H groups in total. The van der Waals surface area contributed by atoms with Gasteiger partial charge in [-0.2, -0.15) is 0 Å². The van der Waals surface area contributed by atoms with Crippen LogP contribution in [0.25, 0.3) is 0 Å². The van der Waals surface area contributed by atoms with Gasteiger partial charge in [0, 0.05) is 13.1 Å². The first-order valence-corrected chi connectivity index (χ1v) is 5.56. The summed E-state index contributed by atoms with van der Waals surface area (Å²) < 4.78 is 0. The molecular weight excluding hydrogens is 208 g/mol. The van der Waals surface area contributed by atoms with E-state index in [1.54, 1.807) is 13.8 Å². The summed E-state index contributed by atoms with van der Waals surface area (Å²) in [5, 5.41) is 14.8. The SMILES string of the molecule is C[C@@H]1CNC[C@H]1C(=O)NCC(C)(C)C(=O)O. The van der Waals surface area contributed by atoms with Gasteiger partial charge in [-0.1, -0.05) is 6.92 Å². The first kappa shape index (κ1) is 13.0. The van der Waals surface area contributed by atoms with Crippen LogP contribution in [0.1, 0.15) is 20.8 Å². The third kappa shape index (κ3) is 2.95. The zero-order valence-corrected chi connectivity index (χ0v) is 10.0. The summed E-state index contributed by atoms with van der Waals surface area (Å²) in [6, 6.07) is 0. The number of rotatable bonds is 4. The molecule has 1 fully saturated rings. The molecule has 0 radical (unpaired) electrons. The fraction of sp³-hybridized carbons (Fsp3) is 0.818. The summed E-state index contributed by atoms with van der Waals surface area (Å²) in [5.41, 5.74) is -0.912. The van der Waals surface area contributed by atoms with Gasteiger partial charge >= 0.3 is 5.97 Å². The van der Waals surface area contributed by atoms with E-state index in [-0.39, 0.29) is 18.4 Å². The normalized spacial score (nSPS) is 25.4. The molecule has 92 valence electrons. The van der Waals surface area contributed by atoms with Gasteiger partial charge in [-0.15, -0.1) is 0 Å². The minimum Gasteiger partial charge on any atom is -0.481 e. The zero-order valence-electron chi connectivity index (χ0n) is 10.0. The number of hydrogen-bond acceptors (Lipinski definition) is 3. The van der Waals surface area contributed by atoms with Crippen molar-refractivity contribution in [3.63, 3.8) is 0 Å². The summed E-state index contributed by atoms with van der Waals surface area (Å²) in [6.45, 7) is 6.93. The van der Waals surface area contributed by atoms with Gasteiger partial charge in [0.15, 0.2) is 0 Å². The van der Waals surface area contributed by atoms with Crippen molar-refractivity contribution in [1.29, 1.82) is 0 Å². The minimum atomic E-state index is -0.912. The summed E-state index contributed by atoms with van der Waals surface area (Å²) in [4.78, 5) is 22.6. The third-order valence-corrected chi connectivity index (χ3v) is 3.14. The maximum atomic E-state index is 11.8. The van der Waals surface area contributed by atoms with E-state index in [9.17, 15) is 9.59 Å². The summed E-state index contributed by atoms with van der Waals surface area (Å²) in [5.74, 6) is -0.672. The summed E-state index contributed by atoms with van der Waals surface area (Å²) >= 11 is 0. The minimum absolute atomic E-state index is 0.0374. The lowest BCUT2D eigenvalue weighted by atomic mass is 9.92. The van der Waals surface area contributed by atoms with E-state index in [4.69, 9.17) is 5.11 Å². The van der Waals surface area contributed by atoms with Crippen molar-refractivity contribution in [2.45, 2.75) is 20.8 Å². The third-order valence-electron chi connectivity index (χ3n) is 3.14. The monoisotopic (exact) mass is 228 g/mol. The van der Waals surface area contributed by atoms with Gasteiger partial charge in [-0.3, -0.25) is 9.59 Å². The Morgan fingerprint density at radius 3 is 2.50 bits per heavy atom. The Hall–Kier alpha value is -1.10. The van der Waals surface area contributed by atoms with Gasteiger partial charge in [0.25, 0.3) is 0 Å². The first-order chi connectivity index (χ1) is 7.34. The average Bonchev–Trinajstić information content (AvgIpc) is 2.61. The van der Waals surface area contributed by atoms with Crippen LogP contribution in [0.2, 0.25) is 0 Å². The maximum absolute atomic E-state index is 11.8. The van der Waals surface area contributed by atoms with E-state index in [0.717, 1.165) is 6.54 Å². The van der Waals surface area contributed by atoms with Gasteiger partial charge < -0.3 is 15.7 Å². The molecule has 0 aromatic rings. The number of carbonyl (C=O) groups excluding carboxylic acids is 1. The molecule has 0 aromatic heterocycles. The fourth-order valence-electron chi connectivity index (χ4n) is 1.68. The Balaban J connectivity index is 2.44. The van der Waals surface area contributed by atoms with Crippen LogP contribution in [-0.4, -0.2) is 36.6 Å². The van der Waals surface area contributed by atoms with Crippen molar-refractivity contribution in [2.75, 3.05) is 19.6 Å². The molecule has 1 amide bonds. The van der Waals surface area contributed by atoms with Crippen LogP contribution < -0.4 is 10.6 Å². The number of amides is 1. The molecule has 0 unspecified atom stereocenters. The molecule has 1 aliphatic rings. The van der Waals surface area contributed by atoms with Crippen molar-refractivity contribution in [3.05, 3.63) is 0 Å². The Labute approximate surface area is 95.6 Å². The lowest BCUT2D eigenvalue weighted by Crippen LogP contribution is -2.42. The first-order valence-electron chi connectivity index (χ1n) is 5.56. The van der Waals surface area contributed by atoms with Gasteiger partial charge in [0.05, 0.1) is 11.3 Å². The van der Waals surface area contributed by atoms with Crippen LogP contribution in [0.5, 0.6) is 0 Å². The molecule has 0 bridgehead atoms. The predicted molar refractivity (Wildman–Crippen MR) is 60.0 cm³/mol. The Kier molecular flexibility index (Phi) is 3.91. The van der Waals surface area contributed by atoms with Crippen molar-refractivity contribution in [1.82, 2.24) is 10.6 Å². The van der Waals surface area contributed by atoms with E-state index >= 15 is 0 Å². The molecule has 0 spiro atoms. The lowest BCUT2D eigenvalue weighted by Gasteiger charge is -2.21. The maximum Gasteiger partial charge on any atom is 0.310 e. The number of nitrogens with one attached hydrogen (secondary N) is 2. The van der Waals surface area contributed by atoms with E-state index in [2.05, 4.69) is 10.6 Å². The number of aliphatic carboxylic acids is 1. The highest BCUT2D eigenvalue weighted by molar-refractivity contribution is 5.81. The quantitative estimate of drug-likeness (QED) is 0.636. The molecule has 0 aromatic carbocycles. The standard InChI is InChI=1S/C11H20N2O3/c1-7-4-12-5-8(7)9(14)13-6-11(2,3)10(15)16/h7-8,12H,4-6H2,1-3H3,(H,13,14)(H,15,16)/t7-,8-/m1/s1. The Morgan fingerprint density at radius 1 is 1.44 bits per heavy atom.